The summed E-state index contributed by atoms with van der Waals surface area (Å²) in [6, 6.07) is 14.8. The van der Waals surface area contributed by atoms with E-state index >= 15 is 0 Å². The van der Waals surface area contributed by atoms with Crippen LogP contribution < -0.4 is 15.8 Å². The van der Waals surface area contributed by atoms with Crippen LogP contribution >= 0.6 is 0 Å². The molecule has 0 fully saturated rings. The monoisotopic (exact) mass is 573 g/mol. The van der Waals surface area contributed by atoms with Crippen LogP contribution in [0.1, 0.15) is 38.5 Å². The third-order valence-corrected chi connectivity index (χ3v) is 7.32. The molecular formula is C28H26F3N3O5S. The van der Waals surface area contributed by atoms with Gasteiger partial charge in [0.15, 0.2) is 9.84 Å². The minimum Gasteiger partial charge on any atom is -0.468 e. The number of H-pyrrole nitrogens is 1. The molecule has 0 aliphatic rings. The Morgan fingerprint density at radius 1 is 1.02 bits per heavy atom. The second kappa shape index (κ2) is 11.5. The number of amides is 1. The van der Waals surface area contributed by atoms with Crippen molar-refractivity contribution in [3.63, 3.8) is 0 Å². The first-order valence-electron chi connectivity index (χ1n) is 12.1. The summed E-state index contributed by atoms with van der Waals surface area (Å²) in [5.74, 6) is -0.129. The number of aryl methyl sites for hydroxylation is 1. The van der Waals surface area contributed by atoms with Crippen molar-refractivity contribution in [3.8, 4) is 0 Å². The molecule has 2 heterocycles. The Labute approximate surface area is 228 Å². The standard InChI is InChI=1S/C28H26F3N3O5S/c1-18-20(15-32-16-23-7-4-12-39-23)13-25(26(35)33-18)27(36)34(22-6-3-5-21(14-22)28(29,30)31)17-19-8-10-24(11-9-19)40(2,37)38/h3-14,32H,15-17H2,1-2H3,(H,33,35). The van der Waals surface area contributed by atoms with Gasteiger partial charge in [0.2, 0.25) is 0 Å². The molecule has 4 rings (SSSR count). The highest BCUT2D eigenvalue weighted by Gasteiger charge is 2.32. The second-order valence-electron chi connectivity index (χ2n) is 9.20. The number of hydrogen-bond donors (Lipinski definition) is 2. The van der Waals surface area contributed by atoms with Crippen LogP contribution in [0.4, 0.5) is 18.9 Å². The van der Waals surface area contributed by atoms with Crippen molar-refractivity contribution in [3.05, 3.63) is 117 Å². The van der Waals surface area contributed by atoms with Gasteiger partial charge in [0.05, 0.1) is 29.8 Å². The van der Waals surface area contributed by atoms with Crippen molar-refractivity contribution in [2.45, 2.75) is 37.6 Å². The molecule has 12 heteroatoms. The number of nitrogens with zero attached hydrogens (tertiary/aromatic N) is 1. The van der Waals surface area contributed by atoms with Gasteiger partial charge in [-0.1, -0.05) is 18.2 Å². The van der Waals surface area contributed by atoms with Crippen LogP contribution in [0.3, 0.4) is 0 Å². The van der Waals surface area contributed by atoms with E-state index in [1.54, 1.807) is 19.1 Å². The molecule has 0 saturated carbocycles. The van der Waals surface area contributed by atoms with Gasteiger partial charge >= 0.3 is 6.18 Å². The number of pyridine rings is 1. The summed E-state index contributed by atoms with van der Waals surface area (Å²) in [5, 5.41) is 3.16. The fourth-order valence-corrected chi connectivity index (χ4v) is 4.67. The van der Waals surface area contributed by atoms with E-state index in [0.29, 0.717) is 29.1 Å². The van der Waals surface area contributed by atoms with Crippen molar-refractivity contribution < 1.29 is 30.8 Å². The largest absolute Gasteiger partial charge is 0.468 e. The number of furan rings is 1. The number of nitrogens with one attached hydrogen (secondary N) is 2. The van der Waals surface area contributed by atoms with E-state index in [1.807, 2.05) is 0 Å². The quantitative estimate of drug-likeness (QED) is 0.297. The van der Waals surface area contributed by atoms with Crippen LogP contribution in [0.2, 0.25) is 0 Å². The number of sulfone groups is 1. The lowest BCUT2D eigenvalue weighted by Gasteiger charge is -2.24. The van der Waals surface area contributed by atoms with Gasteiger partial charge in [0, 0.05) is 24.2 Å². The molecule has 0 bridgehead atoms. The minimum absolute atomic E-state index is 0.0508. The molecule has 40 heavy (non-hydrogen) atoms. The lowest BCUT2D eigenvalue weighted by molar-refractivity contribution is -0.137. The summed E-state index contributed by atoms with van der Waals surface area (Å²) >= 11 is 0. The molecule has 0 saturated heterocycles. The van der Waals surface area contributed by atoms with Crippen LogP contribution in [0.15, 0.2) is 87.1 Å². The maximum Gasteiger partial charge on any atom is 0.416 e. The maximum atomic E-state index is 13.8. The highest BCUT2D eigenvalue weighted by Crippen LogP contribution is 2.32. The van der Waals surface area contributed by atoms with Gasteiger partial charge in [-0.3, -0.25) is 9.59 Å². The predicted octanol–water partition coefficient (Wildman–Crippen LogP) is 4.84. The van der Waals surface area contributed by atoms with Gasteiger partial charge in [0.1, 0.15) is 11.3 Å². The second-order valence-corrected chi connectivity index (χ2v) is 11.2. The van der Waals surface area contributed by atoms with E-state index in [0.717, 1.165) is 23.3 Å². The number of aromatic nitrogens is 1. The van der Waals surface area contributed by atoms with Crippen molar-refractivity contribution in [2.75, 3.05) is 11.2 Å². The third-order valence-electron chi connectivity index (χ3n) is 6.19. The molecule has 2 N–H and O–H groups in total. The summed E-state index contributed by atoms with van der Waals surface area (Å²) in [6.07, 6.45) is -2.07. The number of hydrogen-bond acceptors (Lipinski definition) is 6. The van der Waals surface area contributed by atoms with Crippen LogP contribution in [0.5, 0.6) is 0 Å². The maximum absolute atomic E-state index is 13.8. The zero-order chi connectivity index (χ0) is 29.1. The van der Waals surface area contributed by atoms with Crippen molar-refractivity contribution in [1.29, 1.82) is 0 Å². The minimum atomic E-state index is -4.66. The summed E-state index contributed by atoms with van der Waals surface area (Å²) < 4.78 is 69.4. The molecule has 0 radical (unpaired) electrons. The Morgan fingerprint density at radius 2 is 1.75 bits per heavy atom. The van der Waals surface area contributed by atoms with Gasteiger partial charge in [0.25, 0.3) is 11.5 Å². The predicted molar refractivity (Wildman–Crippen MR) is 143 cm³/mol. The summed E-state index contributed by atoms with van der Waals surface area (Å²) in [4.78, 5) is 30.4. The molecule has 8 nitrogen and oxygen atoms in total. The summed E-state index contributed by atoms with van der Waals surface area (Å²) in [5.41, 5.74) is -0.416. The Morgan fingerprint density at radius 3 is 2.38 bits per heavy atom. The number of carbonyl (C=O) groups excluding carboxylic acids is 1. The summed E-state index contributed by atoms with van der Waals surface area (Å²) in [7, 11) is -3.48. The van der Waals surface area contributed by atoms with Crippen LogP contribution in [-0.2, 0) is 35.6 Å². The van der Waals surface area contributed by atoms with E-state index in [1.165, 1.54) is 48.7 Å². The topological polar surface area (TPSA) is 112 Å². The number of anilines is 1. The number of carbonyl (C=O) groups is 1. The first kappa shape index (κ1) is 28.8. The van der Waals surface area contributed by atoms with Crippen molar-refractivity contribution in [2.24, 2.45) is 0 Å². The molecule has 2 aromatic carbocycles. The average Bonchev–Trinajstić information content (AvgIpc) is 3.41. The van der Waals surface area contributed by atoms with E-state index in [-0.39, 0.29) is 29.2 Å². The van der Waals surface area contributed by atoms with Crippen LogP contribution in [0, 0.1) is 6.92 Å². The Balaban J connectivity index is 1.70. The molecule has 2 aromatic heterocycles. The molecule has 4 aromatic rings. The number of rotatable bonds is 9. The van der Waals surface area contributed by atoms with Gasteiger partial charge in [-0.15, -0.1) is 0 Å². The highest BCUT2D eigenvalue weighted by molar-refractivity contribution is 7.90. The van der Waals surface area contributed by atoms with Crippen LogP contribution in [-0.4, -0.2) is 25.6 Å². The lowest BCUT2D eigenvalue weighted by atomic mass is 10.1. The van der Waals surface area contributed by atoms with E-state index in [4.69, 9.17) is 4.42 Å². The van der Waals surface area contributed by atoms with Gasteiger partial charge < -0.3 is 19.6 Å². The van der Waals surface area contributed by atoms with Gasteiger partial charge in [-0.2, -0.15) is 13.2 Å². The number of alkyl halides is 3. The molecular weight excluding hydrogens is 547 g/mol. The Kier molecular flexibility index (Phi) is 8.31. The average molecular weight is 574 g/mol. The smallest absolute Gasteiger partial charge is 0.416 e. The number of aromatic amines is 1. The fourth-order valence-electron chi connectivity index (χ4n) is 4.04. The highest BCUT2D eigenvalue weighted by atomic mass is 32.2. The zero-order valence-electron chi connectivity index (χ0n) is 21.6. The van der Waals surface area contributed by atoms with Gasteiger partial charge in [-0.05, 0) is 66.6 Å². The molecule has 1 amide bonds. The van der Waals surface area contributed by atoms with E-state index < -0.39 is 33.0 Å². The first-order chi connectivity index (χ1) is 18.8. The number of benzene rings is 2. The van der Waals surface area contributed by atoms with Crippen molar-refractivity contribution in [1.82, 2.24) is 10.3 Å². The summed E-state index contributed by atoms with van der Waals surface area (Å²) in [6.45, 7) is 2.13. The molecule has 210 valence electrons. The fraction of sp³-hybridized carbons (Fsp3) is 0.214. The van der Waals surface area contributed by atoms with Crippen LogP contribution in [0.25, 0.3) is 0 Å². The molecule has 0 spiro atoms. The zero-order valence-corrected chi connectivity index (χ0v) is 22.4. The third kappa shape index (κ3) is 6.88. The lowest BCUT2D eigenvalue weighted by Crippen LogP contribution is -2.35. The van der Waals surface area contributed by atoms with E-state index in [2.05, 4.69) is 10.3 Å². The van der Waals surface area contributed by atoms with E-state index in [9.17, 15) is 31.2 Å². The molecule has 0 aliphatic carbocycles. The normalized spacial score (nSPS) is 11.9. The van der Waals surface area contributed by atoms with Crippen molar-refractivity contribution >= 4 is 21.4 Å². The number of halogens is 3. The molecule has 0 aliphatic heterocycles. The Bertz CT molecular complexity index is 1660. The Hall–Kier alpha value is -4.16. The van der Waals surface area contributed by atoms with Gasteiger partial charge in [-0.25, -0.2) is 8.42 Å². The SMILES string of the molecule is Cc1[nH]c(=O)c(C(=O)N(Cc2ccc(S(C)(=O)=O)cc2)c2cccc(C(F)(F)F)c2)cc1CNCc1ccco1. The first-order valence-corrected chi connectivity index (χ1v) is 14.0. The molecule has 0 atom stereocenters. The molecule has 0 unspecified atom stereocenters.